The van der Waals surface area contributed by atoms with Crippen molar-refractivity contribution in [2.24, 2.45) is 0 Å². The van der Waals surface area contributed by atoms with Crippen LogP contribution in [0.2, 0.25) is 0 Å². The number of hydrogen-bond acceptors (Lipinski definition) is 0. The van der Waals surface area contributed by atoms with E-state index >= 15 is 0 Å². The molecule has 0 aliphatic carbocycles. The fourth-order valence-corrected chi connectivity index (χ4v) is 0. The molecule has 0 atom stereocenters. The Morgan fingerprint density at radius 3 is 1.25 bits per heavy atom. The molecule has 0 spiro atoms. The van der Waals surface area contributed by atoms with Crippen LogP contribution in [0, 0.1) is 0 Å². The van der Waals surface area contributed by atoms with Crippen LogP contribution in [-0.2, 0) is 31.7 Å². The van der Waals surface area contributed by atoms with Crippen molar-refractivity contribution in [1.82, 2.24) is 0 Å². The first-order valence-corrected chi connectivity index (χ1v) is 1.29. The molecule has 0 N–H and O–H groups in total. The van der Waals surface area contributed by atoms with E-state index in [1.54, 1.807) is 0 Å². The van der Waals surface area contributed by atoms with Gasteiger partial charge in [0.05, 0.1) is 0 Å². The second-order valence-corrected chi connectivity index (χ2v) is 0. The van der Waals surface area contributed by atoms with Crippen LogP contribution in [0.15, 0.2) is 0 Å². The van der Waals surface area contributed by atoms with E-state index in [1.807, 2.05) is 0 Å². The van der Waals surface area contributed by atoms with Crippen LogP contribution in [0.3, 0.4) is 0 Å². The fourth-order valence-electron chi connectivity index (χ4n) is 0. The Morgan fingerprint density at radius 1 is 1.25 bits per heavy atom. The van der Waals surface area contributed by atoms with Gasteiger partial charge < -0.3 is 0 Å². The average Bonchev–Trinajstić information content (AvgIpc) is 1.00. The molecule has 4 heavy (non-hydrogen) atoms. The van der Waals surface area contributed by atoms with Gasteiger partial charge in [0.1, 0.15) is 0 Å². The van der Waals surface area contributed by atoms with E-state index in [0.29, 0.717) is 0 Å². The molecule has 0 saturated heterocycles. The Labute approximate surface area is 74.5 Å². The monoisotopic (exact) mass is 170 g/mol. The van der Waals surface area contributed by atoms with E-state index in [4.69, 9.17) is 0 Å². The Balaban J connectivity index is -0.00000000500. The van der Waals surface area contributed by atoms with Crippen LogP contribution in [0.1, 0.15) is 0 Å². The van der Waals surface area contributed by atoms with Gasteiger partial charge in [-0.1, -0.05) is 0 Å². The van der Waals surface area contributed by atoms with Gasteiger partial charge in [-0.05, 0) is 0 Å². The van der Waals surface area contributed by atoms with Gasteiger partial charge in [0.2, 0.25) is 0 Å². The van der Waals surface area contributed by atoms with Crippen LogP contribution in [-0.4, -0.2) is 37.7 Å². The van der Waals surface area contributed by atoms with Crippen molar-refractivity contribution in [1.29, 1.82) is 0 Å². The molecule has 0 radical (unpaired) electrons. The maximum atomic E-state index is 9.63. The summed E-state index contributed by atoms with van der Waals surface area (Å²) in [7, 11) is 0. The summed E-state index contributed by atoms with van der Waals surface area (Å²) in [5.74, 6) is 0. The van der Waals surface area contributed by atoms with Crippen LogP contribution in [0.25, 0.3) is 0 Å². The SMILES string of the molecule is F.[CaH2].[F][Y]. The molecule has 0 aromatic rings. The molecule has 0 aromatic carbocycles. The summed E-state index contributed by atoms with van der Waals surface area (Å²) in [6.45, 7) is 0. The van der Waals surface area contributed by atoms with Gasteiger partial charge in [-0.3, -0.25) is 4.70 Å². The molecule has 0 saturated carbocycles. The van der Waals surface area contributed by atoms with Gasteiger partial charge in [-0.25, -0.2) is 0 Å². The van der Waals surface area contributed by atoms with Crippen molar-refractivity contribution < 1.29 is 38.3 Å². The minimum absolute atomic E-state index is 0. The molecule has 0 aromatic heterocycles. The predicted octanol–water partition coefficient (Wildman–Crippen LogP) is -0.346. The van der Waals surface area contributed by atoms with E-state index in [2.05, 4.69) is 0 Å². The Kier molecular flexibility index (Phi) is 77.0. The van der Waals surface area contributed by atoms with Gasteiger partial charge in [-0.2, -0.15) is 0 Å². The first kappa shape index (κ1) is 16.3. The fraction of sp³-hybridized carbons (Fsp3) is 0. The first-order valence-electron chi connectivity index (χ1n) is 0.218. The molecule has 0 amide bonds. The Hall–Kier alpha value is 2.22. The molecule has 0 bridgehead atoms. The summed E-state index contributed by atoms with van der Waals surface area (Å²) >= 11 is -0.150. The van der Waals surface area contributed by atoms with Crippen LogP contribution >= 0.6 is 0 Å². The standard InChI is InChI=1S/Ca.2FH.Y.2H/h;2*1H;;;/q;;;+1;;/p-1. The van der Waals surface area contributed by atoms with Crippen molar-refractivity contribution in [2.75, 3.05) is 0 Å². The molecule has 0 unspecified atom stereocenters. The molecule has 0 aliphatic rings. The third kappa shape index (κ3) is 8.88. The predicted molar refractivity (Wildman–Crippen MR) is 12.2 cm³/mol. The Morgan fingerprint density at radius 2 is 1.25 bits per heavy atom. The summed E-state index contributed by atoms with van der Waals surface area (Å²) in [5.41, 5.74) is 0. The summed E-state index contributed by atoms with van der Waals surface area (Å²) < 4.78 is 9.63. The third-order valence-electron chi connectivity index (χ3n) is 0. The van der Waals surface area contributed by atoms with Crippen molar-refractivity contribution in [3.05, 3.63) is 0 Å². The number of halogens is 2. The zero-order valence-corrected chi connectivity index (χ0v) is 4.20. The second-order valence-electron chi connectivity index (χ2n) is 0. The quantitative estimate of drug-likeness (QED) is 0.436. The normalized spacial score (nSPS) is 1.00. The molecule has 0 rings (SSSR count). The van der Waals surface area contributed by atoms with Crippen molar-refractivity contribution in [2.45, 2.75) is 0 Å². The average molecular weight is 170 g/mol. The Bertz CT molecular complexity index is 6.00. The third-order valence-corrected chi connectivity index (χ3v) is 0. The number of rotatable bonds is 0. The van der Waals surface area contributed by atoms with Crippen molar-refractivity contribution >= 4 is 37.7 Å². The summed E-state index contributed by atoms with van der Waals surface area (Å²) in [5, 5.41) is 0. The first-order chi connectivity index (χ1) is 1.00. The zero-order chi connectivity index (χ0) is 2.00. The van der Waals surface area contributed by atoms with E-state index in [0.717, 1.165) is 0 Å². The summed E-state index contributed by atoms with van der Waals surface area (Å²) in [6.07, 6.45) is 0. The minimum atomic E-state index is -0.150. The van der Waals surface area contributed by atoms with E-state index in [-0.39, 0.29) is 74.1 Å². The topological polar surface area (TPSA) is 0 Å². The molecular weight excluding hydrogens is 167 g/mol. The molecule has 0 fully saturated rings. The van der Waals surface area contributed by atoms with Crippen LogP contribution in [0.5, 0.6) is 0 Å². The molecule has 22 valence electrons. The van der Waals surface area contributed by atoms with E-state index in [1.165, 1.54) is 0 Å². The van der Waals surface area contributed by atoms with E-state index in [9.17, 15) is 1.92 Å². The molecule has 0 aliphatic heterocycles. The number of hydrogen-bond donors (Lipinski definition) is 0. The van der Waals surface area contributed by atoms with E-state index < -0.39 is 0 Å². The van der Waals surface area contributed by atoms with Crippen LogP contribution in [0.4, 0.5) is 6.63 Å². The molecule has 4 heteroatoms. The van der Waals surface area contributed by atoms with Gasteiger partial charge >= 0.3 is 71.3 Å². The zero-order valence-electron chi connectivity index (χ0n) is 1.36. The molecular formula is H3CaF2Y. The molecule has 0 nitrogen and oxygen atoms in total. The second kappa shape index (κ2) is 18.8. The van der Waals surface area contributed by atoms with Crippen molar-refractivity contribution in [3.8, 4) is 0 Å². The van der Waals surface area contributed by atoms with Gasteiger partial charge in [-0.15, -0.1) is 0 Å². The van der Waals surface area contributed by atoms with Gasteiger partial charge in [0.15, 0.2) is 0 Å². The summed E-state index contributed by atoms with van der Waals surface area (Å²) in [4.78, 5) is 0. The van der Waals surface area contributed by atoms with Crippen molar-refractivity contribution in [3.63, 3.8) is 0 Å². The molecule has 0 heterocycles. The summed E-state index contributed by atoms with van der Waals surface area (Å²) in [6, 6.07) is 0. The van der Waals surface area contributed by atoms with Gasteiger partial charge in [0, 0.05) is 0 Å². The van der Waals surface area contributed by atoms with Gasteiger partial charge in [0.25, 0.3) is 0 Å². The maximum absolute atomic E-state index is 9.63. The van der Waals surface area contributed by atoms with Crippen LogP contribution < -0.4 is 0 Å².